The van der Waals surface area contributed by atoms with E-state index in [0.717, 1.165) is 4.57 Å². The Labute approximate surface area is 246 Å². The van der Waals surface area contributed by atoms with Crippen molar-refractivity contribution in [2.75, 3.05) is 7.11 Å². The lowest BCUT2D eigenvalue weighted by Gasteiger charge is -2.13. The summed E-state index contributed by atoms with van der Waals surface area (Å²) >= 11 is 12.5. The zero-order valence-corrected chi connectivity index (χ0v) is 24.1. The Balaban J connectivity index is 1.58. The first-order valence-electron chi connectivity index (χ1n) is 12.2. The molecule has 15 heteroatoms. The molecule has 0 fully saturated rings. The van der Waals surface area contributed by atoms with Crippen molar-refractivity contribution in [1.29, 1.82) is 0 Å². The molecule has 216 valence electrons. The Kier molecular flexibility index (Phi) is 7.63. The maximum Gasteiger partial charge on any atom is 0.338 e. The maximum atomic E-state index is 13.2. The summed E-state index contributed by atoms with van der Waals surface area (Å²) in [5, 5.41) is 15.8. The van der Waals surface area contributed by atoms with E-state index in [0.29, 0.717) is 26.9 Å². The molecular weight excluding hydrogens is 591 g/mol. The molecule has 0 N–H and O–H groups in total. The molecule has 0 radical (unpaired) electrons. The van der Waals surface area contributed by atoms with Gasteiger partial charge in [-0.2, -0.15) is 4.98 Å². The molecule has 3 heterocycles. The van der Waals surface area contributed by atoms with Crippen molar-refractivity contribution in [1.82, 2.24) is 23.8 Å². The number of halogens is 2. The Morgan fingerprint density at radius 3 is 2.52 bits per heavy atom. The highest BCUT2D eigenvalue weighted by atomic mass is 35.5. The number of methoxy groups -OCH3 is 1. The fourth-order valence-electron chi connectivity index (χ4n) is 4.33. The van der Waals surface area contributed by atoms with E-state index in [-0.39, 0.29) is 46.6 Å². The van der Waals surface area contributed by atoms with Crippen LogP contribution >= 0.6 is 23.2 Å². The third-order valence-corrected chi connectivity index (χ3v) is 7.10. The van der Waals surface area contributed by atoms with Crippen molar-refractivity contribution in [3.05, 3.63) is 100.0 Å². The normalized spacial score (nSPS) is 11.5. The van der Waals surface area contributed by atoms with Gasteiger partial charge < -0.3 is 14.0 Å². The largest absolute Gasteiger partial charge is 0.493 e. The topological polar surface area (TPSA) is 149 Å². The van der Waals surface area contributed by atoms with Crippen LogP contribution in [0.1, 0.15) is 22.6 Å². The van der Waals surface area contributed by atoms with Gasteiger partial charge in [-0.05, 0) is 48.4 Å². The minimum atomic E-state index is -0.565. The van der Waals surface area contributed by atoms with Gasteiger partial charge in [-0.15, -0.1) is 0 Å². The minimum absolute atomic E-state index is 0.00133. The van der Waals surface area contributed by atoms with Crippen LogP contribution in [0.4, 0.5) is 5.69 Å². The van der Waals surface area contributed by atoms with Crippen molar-refractivity contribution in [3.8, 4) is 17.5 Å². The molecule has 42 heavy (non-hydrogen) atoms. The quantitative estimate of drug-likeness (QED) is 0.175. The molecule has 5 aromatic rings. The van der Waals surface area contributed by atoms with Gasteiger partial charge in [0, 0.05) is 24.1 Å². The van der Waals surface area contributed by atoms with E-state index in [4.69, 9.17) is 37.2 Å². The summed E-state index contributed by atoms with van der Waals surface area (Å²) in [6, 6.07) is 9.89. The van der Waals surface area contributed by atoms with Gasteiger partial charge in [-0.1, -0.05) is 46.6 Å². The number of ether oxygens (including phenoxy) is 2. The predicted molar refractivity (Wildman–Crippen MR) is 156 cm³/mol. The predicted octanol–water partition coefficient (Wildman–Crippen LogP) is 4.96. The van der Waals surface area contributed by atoms with Gasteiger partial charge in [0.25, 0.3) is 5.56 Å². The fourth-order valence-corrected chi connectivity index (χ4v) is 4.80. The van der Waals surface area contributed by atoms with Crippen LogP contribution in [0, 0.1) is 17.0 Å². The first kappa shape index (κ1) is 28.6. The number of hydrogen-bond acceptors (Lipinski definition) is 9. The van der Waals surface area contributed by atoms with Crippen molar-refractivity contribution < 1.29 is 18.9 Å². The molecule has 0 saturated heterocycles. The van der Waals surface area contributed by atoms with Gasteiger partial charge in [0.1, 0.15) is 0 Å². The number of nitrogens with zero attached hydrogens (tertiary/aromatic N) is 6. The molecule has 0 saturated carbocycles. The monoisotopic (exact) mass is 612 g/mol. The van der Waals surface area contributed by atoms with E-state index in [2.05, 4.69) is 10.1 Å². The second-order valence-electron chi connectivity index (χ2n) is 9.18. The lowest BCUT2D eigenvalue weighted by atomic mass is 10.1. The molecule has 0 atom stereocenters. The number of aromatic nitrogens is 5. The van der Waals surface area contributed by atoms with Crippen molar-refractivity contribution >= 4 is 52.2 Å². The smallest absolute Gasteiger partial charge is 0.338 e. The molecule has 3 aromatic heterocycles. The number of aryl methyl sites for hydroxylation is 2. The summed E-state index contributed by atoms with van der Waals surface area (Å²) in [4.78, 5) is 41.1. The van der Waals surface area contributed by atoms with E-state index in [1.807, 2.05) is 0 Å². The van der Waals surface area contributed by atoms with Gasteiger partial charge >= 0.3 is 17.4 Å². The zero-order chi connectivity index (χ0) is 30.3. The molecule has 5 rings (SSSR count). The highest BCUT2D eigenvalue weighted by Gasteiger charge is 2.24. The average molecular weight is 613 g/mol. The molecular formula is C27H22Cl2N6O7. The van der Waals surface area contributed by atoms with Gasteiger partial charge in [0.15, 0.2) is 28.4 Å². The molecule has 0 spiro atoms. The Hall–Kier alpha value is -4.88. The Bertz CT molecular complexity index is 2020. The lowest BCUT2D eigenvalue weighted by Crippen LogP contribution is -2.37. The molecule has 0 aliphatic rings. The zero-order valence-electron chi connectivity index (χ0n) is 22.6. The number of fused-ring (bicyclic) bond motifs is 1. The summed E-state index contributed by atoms with van der Waals surface area (Å²) in [5.41, 5.74) is 0.308. The summed E-state index contributed by atoms with van der Waals surface area (Å²) in [5.74, 6) is 0.542. The second-order valence-corrected chi connectivity index (χ2v) is 10.0. The standard InChI is InChI=1S/C27H22Cl2N6O7/c1-14-22(35(38)39)20(42-31-14)10-6-15-5-9-19(21(11-15)40-4)41-26-30-24-23(25(36)33(3)27(37)32(24)2)34(26)13-16-7-8-17(28)12-18(16)29/h5-12H,13H2,1-4H3/b10-6+. The lowest BCUT2D eigenvalue weighted by molar-refractivity contribution is -0.386. The van der Waals surface area contributed by atoms with Crippen LogP contribution in [0.3, 0.4) is 0 Å². The van der Waals surface area contributed by atoms with Crippen molar-refractivity contribution in [2.24, 2.45) is 14.1 Å². The molecule has 0 amide bonds. The summed E-state index contributed by atoms with van der Waals surface area (Å²) in [6.45, 7) is 1.56. The Morgan fingerprint density at radius 1 is 1.07 bits per heavy atom. The van der Waals surface area contributed by atoms with E-state index in [9.17, 15) is 19.7 Å². The summed E-state index contributed by atoms with van der Waals surface area (Å²) in [6.07, 6.45) is 3.02. The van der Waals surface area contributed by atoms with Crippen LogP contribution in [-0.2, 0) is 20.6 Å². The van der Waals surface area contributed by atoms with E-state index in [1.54, 1.807) is 42.5 Å². The molecule has 0 bridgehead atoms. The van der Waals surface area contributed by atoms with Crippen LogP contribution < -0.4 is 20.7 Å². The number of benzene rings is 2. The van der Waals surface area contributed by atoms with Crippen LogP contribution in [0.2, 0.25) is 10.0 Å². The second kappa shape index (κ2) is 11.2. The summed E-state index contributed by atoms with van der Waals surface area (Å²) < 4.78 is 20.5. The molecule has 0 aliphatic carbocycles. The van der Waals surface area contributed by atoms with E-state index in [1.165, 1.54) is 43.3 Å². The number of rotatable bonds is 8. The van der Waals surface area contributed by atoms with Crippen LogP contribution in [-0.4, -0.2) is 35.9 Å². The van der Waals surface area contributed by atoms with Crippen molar-refractivity contribution in [2.45, 2.75) is 13.5 Å². The number of nitro groups is 1. The van der Waals surface area contributed by atoms with E-state index < -0.39 is 16.2 Å². The number of hydrogen-bond donors (Lipinski definition) is 0. The molecule has 2 aromatic carbocycles. The third kappa shape index (κ3) is 5.15. The average Bonchev–Trinajstić information content (AvgIpc) is 3.51. The molecule has 13 nitrogen and oxygen atoms in total. The van der Waals surface area contributed by atoms with Crippen molar-refractivity contribution in [3.63, 3.8) is 0 Å². The summed E-state index contributed by atoms with van der Waals surface area (Å²) in [7, 11) is 4.32. The highest BCUT2D eigenvalue weighted by Crippen LogP contribution is 2.35. The minimum Gasteiger partial charge on any atom is -0.493 e. The maximum absolute atomic E-state index is 13.2. The van der Waals surface area contributed by atoms with Gasteiger partial charge in [-0.25, -0.2) is 4.79 Å². The molecule has 0 aliphatic heterocycles. The first-order valence-corrected chi connectivity index (χ1v) is 13.0. The van der Waals surface area contributed by atoms with E-state index >= 15 is 0 Å². The number of imidazole rings is 1. The van der Waals surface area contributed by atoms with Gasteiger partial charge in [0.05, 0.1) is 18.6 Å². The third-order valence-electron chi connectivity index (χ3n) is 6.51. The SMILES string of the molecule is COc1cc(/C=C/c2onc(C)c2[N+](=O)[O-])ccc1Oc1nc2c(c(=O)n(C)c(=O)n2C)n1Cc1ccc(Cl)cc1Cl. The van der Waals surface area contributed by atoms with Crippen LogP contribution in [0.5, 0.6) is 17.5 Å². The fraction of sp³-hybridized carbons (Fsp3) is 0.185. The van der Waals surface area contributed by atoms with Crippen LogP contribution in [0.15, 0.2) is 50.5 Å². The molecule has 0 unspecified atom stereocenters. The Morgan fingerprint density at radius 2 is 1.83 bits per heavy atom. The van der Waals surface area contributed by atoms with Crippen LogP contribution in [0.25, 0.3) is 23.3 Å². The first-order chi connectivity index (χ1) is 20.0. The van der Waals surface area contributed by atoms with Gasteiger partial charge in [-0.3, -0.25) is 28.6 Å². The highest BCUT2D eigenvalue weighted by molar-refractivity contribution is 6.35. The van der Waals surface area contributed by atoms with Gasteiger partial charge in [0.2, 0.25) is 5.76 Å².